The van der Waals surface area contributed by atoms with Crippen LogP contribution in [0.15, 0.2) is 78.9 Å². The van der Waals surface area contributed by atoms with Crippen LogP contribution < -0.4 is 20.5 Å². The second-order valence-electron chi connectivity index (χ2n) is 7.96. The molecule has 3 aromatic rings. The smallest absolute Gasteiger partial charge is 0.228 e. The van der Waals surface area contributed by atoms with Gasteiger partial charge in [-0.1, -0.05) is 30.3 Å². The van der Waals surface area contributed by atoms with Gasteiger partial charge >= 0.3 is 0 Å². The molecule has 0 aromatic heterocycles. The van der Waals surface area contributed by atoms with Gasteiger partial charge in [-0.2, -0.15) is 0 Å². The number of nitrogens with two attached hydrogens (primary N) is 1. The molecule has 1 aliphatic carbocycles. The van der Waals surface area contributed by atoms with E-state index in [9.17, 15) is 4.79 Å². The number of para-hydroxylation sites is 1. The largest absolute Gasteiger partial charge is 0.490 e. The van der Waals surface area contributed by atoms with Crippen molar-refractivity contribution in [3.8, 4) is 17.2 Å². The van der Waals surface area contributed by atoms with Crippen LogP contribution in [0.3, 0.4) is 0 Å². The van der Waals surface area contributed by atoms with Crippen LogP contribution in [0.4, 0.5) is 5.69 Å². The Kier molecular flexibility index (Phi) is 6.85. The van der Waals surface area contributed by atoms with Crippen LogP contribution in [-0.4, -0.2) is 18.1 Å². The number of carbonyl (C=O) groups is 1. The average molecular weight is 417 g/mol. The van der Waals surface area contributed by atoms with Crippen LogP contribution in [0.2, 0.25) is 0 Å². The van der Waals surface area contributed by atoms with Gasteiger partial charge in [0, 0.05) is 11.7 Å². The summed E-state index contributed by atoms with van der Waals surface area (Å²) in [7, 11) is 0. The Balaban J connectivity index is 1.27. The number of nitrogens with one attached hydrogen (secondary N) is 1. The Morgan fingerprint density at radius 2 is 1.39 bits per heavy atom. The van der Waals surface area contributed by atoms with Crippen molar-refractivity contribution < 1.29 is 14.3 Å². The maximum absolute atomic E-state index is 12.2. The molecule has 5 nitrogen and oxygen atoms in total. The molecule has 0 radical (unpaired) electrons. The Morgan fingerprint density at radius 1 is 0.806 bits per heavy atom. The lowest BCUT2D eigenvalue weighted by Gasteiger charge is -2.26. The summed E-state index contributed by atoms with van der Waals surface area (Å²) in [5.41, 5.74) is 7.68. The second-order valence-corrected chi connectivity index (χ2v) is 7.96. The van der Waals surface area contributed by atoms with E-state index in [4.69, 9.17) is 15.2 Å². The quantitative estimate of drug-likeness (QED) is 0.547. The van der Waals surface area contributed by atoms with Gasteiger partial charge in [-0.25, -0.2) is 0 Å². The van der Waals surface area contributed by atoms with Gasteiger partial charge in [-0.3, -0.25) is 4.79 Å². The molecule has 3 aromatic carbocycles. The van der Waals surface area contributed by atoms with E-state index in [0.29, 0.717) is 12.5 Å². The fourth-order valence-corrected chi connectivity index (χ4v) is 3.71. The normalized spacial score (nSPS) is 18.2. The standard InChI is InChI=1S/C26H28N2O3/c27-20-8-12-23(13-9-20)31-25-16-14-24(15-17-25)30-22-10-6-19(7-11-22)18-26(29)28-21-4-2-1-3-5-21/h1-7,10-11,14-17,20,23H,8-9,12-13,18,27H2,(H,28,29). The molecule has 160 valence electrons. The highest BCUT2D eigenvalue weighted by Gasteiger charge is 2.19. The van der Waals surface area contributed by atoms with Crippen LogP contribution in [0.25, 0.3) is 0 Å². The van der Waals surface area contributed by atoms with E-state index in [1.807, 2.05) is 78.9 Å². The summed E-state index contributed by atoms with van der Waals surface area (Å²) in [4.78, 5) is 12.2. The van der Waals surface area contributed by atoms with Crippen molar-refractivity contribution in [1.82, 2.24) is 0 Å². The molecule has 1 saturated carbocycles. The number of carbonyl (C=O) groups excluding carboxylic acids is 1. The monoisotopic (exact) mass is 416 g/mol. The van der Waals surface area contributed by atoms with Crippen LogP contribution >= 0.6 is 0 Å². The lowest BCUT2D eigenvalue weighted by molar-refractivity contribution is -0.115. The highest BCUT2D eigenvalue weighted by molar-refractivity contribution is 5.92. The first-order valence-electron chi connectivity index (χ1n) is 10.8. The Morgan fingerprint density at radius 3 is 2.03 bits per heavy atom. The molecule has 31 heavy (non-hydrogen) atoms. The summed E-state index contributed by atoms with van der Waals surface area (Å²) in [6, 6.07) is 25.0. The zero-order valence-electron chi connectivity index (χ0n) is 17.5. The minimum Gasteiger partial charge on any atom is -0.490 e. The summed E-state index contributed by atoms with van der Waals surface area (Å²) < 4.78 is 12.0. The van der Waals surface area contributed by atoms with Gasteiger partial charge in [0.25, 0.3) is 0 Å². The van der Waals surface area contributed by atoms with Gasteiger partial charge < -0.3 is 20.5 Å². The fraction of sp³-hybridized carbons (Fsp3) is 0.269. The van der Waals surface area contributed by atoms with E-state index in [-0.39, 0.29) is 12.0 Å². The van der Waals surface area contributed by atoms with E-state index in [0.717, 1.165) is 54.2 Å². The van der Waals surface area contributed by atoms with Crippen LogP contribution in [0.1, 0.15) is 31.2 Å². The Labute approximate surface area is 183 Å². The lowest BCUT2D eigenvalue weighted by atomic mass is 9.94. The maximum atomic E-state index is 12.2. The number of amides is 1. The molecular weight excluding hydrogens is 388 g/mol. The molecule has 0 unspecified atom stereocenters. The number of rotatable bonds is 7. The summed E-state index contributed by atoms with van der Waals surface area (Å²) >= 11 is 0. The number of benzene rings is 3. The SMILES string of the molecule is NC1CCC(Oc2ccc(Oc3ccc(CC(=O)Nc4ccccc4)cc3)cc2)CC1. The van der Waals surface area contributed by atoms with Crippen molar-refractivity contribution in [3.63, 3.8) is 0 Å². The number of anilines is 1. The van der Waals surface area contributed by atoms with E-state index in [2.05, 4.69) is 5.32 Å². The van der Waals surface area contributed by atoms with Gasteiger partial charge in [-0.15, -0.1) is 0 Å². The lowest BCUT2D eigenvalue weighted by Crippen LogP contribution is -2.31. The molecule has 5 heteroatoms. The molecule has 0 spiro atoms. The molecule has 3 N–H and O–H groups in total. The third-order valence-corrected chi connectivity index (χ3v) is 5.43. The number of hydrogen-bond donors (Lipinski definition) is 2. The third kappa shape index (κ3) is 6.33. The van der Waals surface area contributed by atoms with Gasteiger partial charge in [0.2, 0.25) is 5.91 Å². The van der Waals surface area contributed by atoms with Crippen molar-refractivity contribution in [2.45, 2.75) is 44.2 Å². The van der Waals surface area contributed by atoms with Crippen LogP contribution in [0.5, 0.6) is 17.2 Å². The predicted octanol–water partition coefficient (Wildman–Crippen LogP) is 5.31. The van der Waals surface area contributed by atoms with E-state index < -0.39 is 0 Å². The molecule has 1 aliphatic rings. The minimum absolute atomic E-state index is 0.0459. The molecule has 1 fully saturated rings. The first-order chi connectivity index (χ1) is 15.1. The Hall–Kier alpha value is -3.31. The predicted molar refractivity (Wildman–Crippen MR) is 123 cm³/mol. The first kappa shape index (κ1) is 20.9. The number of hydrogen-bond acceptors (Lipinski definition) is 4. The zero-order valence-corrected chi connectivity index (χ0v) is 17.5. The van der Waals surface area contributed by atoms with Gasteiger partial charge in [0.1, 0.15) is 17.2 Å². The Bertz CT molecular complexity index is 964. The molecule has 0 saturated heterocycles. The summed E-state index contributed by atoms with van der Waals surface area (Å²) in [5.74, 6) is 2.28. The minimum atomic E-state index is -0.0459. The maximum Gasteiger partial charge on any atom is 0.228 e. The second kappa shape index (κ2) is 10.1. The molecular formula is C26H28N2O3. The third-order valence-electron chi connectivity index (χ3n) is 5.43. The highest BCUT2D eigenvalue weighted by atomic mass is 16.5. The van der Waals surface area contributed by atoms with E-state index in [1.165, 1.54) is 0 Å². The van der Waals surface area contributed by atoms with Gasteiger partial charge in [0.15, 0.2) is 0 Å². The highest BCUT2D eigenvalue weighted by Crippen LogP contribution is 2.27. The van der Waals surface area contributed by atoms with Crippen molar-refractivity contribution >= 4 is 11.6 Å². The average Bonchev–Trinajstić information content (AvgIpc) is 2.79. The molecule has 0 heterocycles. The van der Waals surface area contributed by atoms with Crippen molar-refractivity contribution in [2.24, 2.45) is 5.73 Å². The van der Waals surface area contributed by atoms with Crippen molar-refractivity contribution in [3.05, 3.63) is 84.4 Å². The molecule has 0 bridgehead atoms. The molecule has 1 amide bonds. The topological polar surface area (TPSA) is 73.6 Å². The first-order valence-corrected chi connectivity index (χ1v) is 10.8. The molecule has 4 rings (SSSR count). The number of ether oxygens (including phenoxy) is 2. The fourth-order valence-electron chi connectivity index (χ4n) is 3.71. The summed E-state index contributed by atoms with van der Waals surface area (Å²) in [5, 5.41) is 2.89. The van der Waals surface area contributed by atoms with Gasteiger partial charge in [-0.05, 0) is 79.8 Å². The van der Waals surface area contributed by atoms with E-state index in [1.54, 1.807) is 0 Å². The van der Waals surface area contributed by atoms with Crippen molar-refractivity contribution in [2.75, 3.05) is 5.32 Å². The van der Waals surface area contributed by atoms with Crippen molar-refractivity contribution in [1.29, 1.82) is 0 Å². The van der Waals surface area contributed by atoms with Crippen LogP contribution in [0, 0.1) is 0 Å². The molecule has 0 atom stereocenters. The molecule has 0 aliphatic heterocycles. The zero-order chi connectivity index (χ0) is 21.5. The van der Waals surface area contributed by atoms with Crippen LogP contribution in [-0.2, 0) is 11.2 Å². The van der Waals surface area contributed by atoms with Gasteiger partial charge in [0.05, 0.1) is 12.5 Å². The van der Waals surface area contributed by atoms with E-state index >= 15 is 0 Å². The summed E-state index contributed by atoms with van der Waals surface area (Å²) in [6.45, 7) is 0. The summed E-state index contributed by atoms with van der Waals surface area (Å²) in [6.07, 6.45) is 4.63.